The second-order valence-corrected chi connectivity index (χ2v) is 7.50. The molecule has 2 heterocycles. The van der Waals surface area contributed by atoms with Crippen LogP contribution in [0.1, 0.15) is 32.0 Å². The second-order valence-electron chi connectivity index (χ2n) is 7.50. The van der Waals surface area contributed by atoms with E-state index in [0.717, 1.165) is 47.7 Å². The van der Waals surface area contributed by atoms with E-state index in [1.165, 1.54) is 6.42 Å². The normalized spacial score (nSPS) is 16.8. The SMILES string of the molecule is COc1ccc(OCc2nc3ccccc3n2CC(=O)N2CCCCC2C)cc1. The van der Waals surface area contributed by atoms with E-state index in [0.29, 0.717) is 12.6 Å². The van der Waals surface area contributed by atoms with Crippen molar-refractivity contribution in [3.8, 4) is 11.5 Å². The molecular formula is C23H27N3O3. The molecule has 0 bridgehead atoms. The molecule has 4 rings (SSSR count). The molecule has 0 N–H and O–H groups in total. The summed E-state index contributed by atoms with van der Waals surface area (Å²) in [6, 6.07) is 15.7. The van der Waals surface area contributed by atoms with Crippen LogP contribution < -0.4 is 9.47 Å². The molecule has 0 spiro atoms. The van der Waals surface area contributed by atoms with Crippen LogP contribution in [0.15, 0.2) is 48.5 Å². The Hall–Kier alpha value is -3.02. The maximum Gasteiger partial charge on any atom is 0.242 e. The zero-order chi connectivity index (χ0) is 20.2. The smallest absolute Gasteiger partial charge is 0.242 e. The summed E-state index contributed by atoms with van der Waals surface area (Å²) in [5.41, 5.74) is 1.83. The zero-order valence-corrected chi connectivity index (χ0v) is 17.0. The molecule has 1 saturated heterocycles. The molecule has 3 aromatic rings. The number of para-hydroxylation sites is 2. The fourth-order valence-corrected chi connectivity index (χ4v) is 3.93. The third-order valence-corrected chi connectivity index (χ3v) is 5.58. The molecule has 29 heavy (non-hydrogen) atoms. The number of amides is 1. The number of hydrogen-bond donors (Lipinski definition) is 0. The molecule has 0 saturated carbocycles. The molecule has 1 atom stereocenters. The Balaban J connectivity index is 1.55. The summed E-state index contributed by atoms with van der Waals surface area (Å²) in [7, 11) is 1.64. The van der Waals surface area contributed by atoms with Gasteiger partial charge in [-0.2, -0.15) is 0 Å². The number of imidazole rings is 1. The van der Waals surface area contributed by atoms with Gasteiger partial charge in [-0.25, -0.2) is 4.98 Å². The Bertz CT molecular complexity index is 981. The number of nitrogens with zero attached hydrogens (tertiary/aromatic N) is 3. The fraction of sp³-hybridized carbons (Fsp3) is 0.391. The minimum absolute atomic E-state index is 0.144. The van der Waals surface area contributed by atoms with Gasteiger partial charge in [0.25, 0.3) is 0 Å². The molecule has 6 heteroatoms. The van der Waals surface area contributed by atoms with Crippen LogP contribution in [0, 0.1) is 0 Å². The topological polar surface area (TPSA) is 56.6 Å². The Morgan fingerprint density at radius 3 is 2.62 bits per heavy atom. The summed E-state index contributed by atoms with van der Waals surface area (Å²) in [5, 5.41) is 0. The molecule has 0 radical (unpaired) electrons. The van der Waals surface area contributed by atoms with Crippen molar-refractivity contribution in [2.45, 2.75) is 45.4 Å². The van der Waals surface area contributed by atoms with Gasteiger partial charge in [0, 0.05) is 12.6 Å². The van der Waals surface area contributed by atoms with Gasteiger partial charge in [-0.15, -0.1) is 0 Å². The van der Waals surface area contributed by atoms with Crippen LogP contribution in [-0.4, -0.2) is 40.1 Å². The maximum absolute atomic E-state index is 13.0. The summed E-state index contributed by atoms with van der Waals surface area (Å²) >= 11 is 0. The van der Waals surface area contributed by atoms with Gasteiger partial charge in [0.1, 0.15) is 30.5 Å². The highest BCUT2D eigenvalue weighted by molar-refractivity contribution is 5.81. The van der Waals surface area contributed by atoms with Crippen molar-refractivity contribution in [3.05, 3.63) is 54.4 Å². The molecule has 1 fully saturated rings. The first-order valence-electron chi connectivity index (χ1n) is 10.2. The summed E-state index contributed by atoms with van der Waals surface area (Å²) in [6.45, 7) is 3.55. The molecule has 152 valence electrons. The van der Waals surface area contributed by atoms with Crippen LogP contribution >= 0.6 is 0 Å². The van der Waals surface area contributed by atoms with E-state index in [1.807, 2.05) is 58.0 Å². The lowest BCUT2D eigenvalue weighted by Gasteiger charge is -2.33. The number of carbonyl (C=O) groups is 1. The lowest BCUT2D eigenvalue weighted by atomic mass is 10.0. The summed E-state index contributed by atoms with van der Waals surface area (Å²) in [4.78, 5) is 19.8. The molecule has 2 aromatic carbocycles. The number of benzene rings is 2. The number of carbonyl (C=O) groups excluding carboxylic acids is 1. The van der Waals surface area contributed by atoms with Gasteiger partial charge in [-0.05, 0) is 62.6 Å². The molecule has 1 aromatic heterocycles. The molecule has 1 aliphatic heterocycles. The average molecular weight is 393 g/mol. The van der Waals surface area contributed by atoms with Crippen LogP contribution in [-0.2, 0) is 17.9 Å². The number of piperidine rings is 1. The highest BCUT2D eigenvalue weighted by atomic mass is 16.5. The molecule has 0 aliphatic carbocycles. The Kier molecular flexibility index (Phi) is 5.69. The maximum atomic E-state index is 13.0. The highest BCUT2D eigenvalue weighted by Gasteiger charge is 2.24. The Morgan fingerprint density at radius 2 is 1.86 bits per heavy atom. The van der Waals surface area contributed by atoms with Crippen molar-refractivity contribution < 1.29 is 14.3 Å². The van der Waals surface area contributed by atoms with Gasteiger partial charge in [-0.3, -0.25) is 4.79 Å². The van der Waals surface area contributed by atoms with Gasteiger partial charge < -0.3 is 18.9 Å². The number of aromatic nitrogens is 2. The third kappa shape index (κ3) is 4.21. The largest absolute Gasteiger partial charge is 0.497 e. The van der Waals surface area contributed by atoms with Crippen LogP contribution in [0.5, 0.6) is 11.5 Å². The van der Waals surface area contributed by atoms with E-state index >= 15 is 0 Å². The minimum Gasteiger partial charge on any atom is -0.497 e. The fourth-order valence-electron chi connectivity index (χ4n) is 3.93. The minimum atomic E-state index is 0.144. The first-order chi connectivity index (χ1) is 14.2. The van der Waals surface area contributed by atoms with E-state index in [4.69, 9.17) is 14.5 Å². The van der Waals surface area contributed by atoms with Crippen molar-refractivity contribution in [2.75, 3.05) is 13.7 Å². The predicted molar refractivity (Wildman–Crippen MR) is 112 cm³/mol. The molecule has 1 amide bonds. The van der Waals surface area contributed by atoms with Gasteiger partial charge in [0.15, 0.2) is 0 Å². The van der Waals surface area contributed by atoms with Gasteiger partial charge in [0.2, 0.25) is 5.91 Å². The first-order valence-corrected chi connectivity index (χ1v) is 10.2. The predicted octanol–water partition coefficient (Wildman–Crippen LogP) is 4.02. The van der Waals surface area contributed by atoms with E-state index in [2.05, 4.69) is 6.92 Å². The monoisotopic (exact) mass is 393 g/mol. The van der Waals surface area contributed by atoms with Crippen molar-refractivity contribution >= 4 is 16.9 Å². The summed E-state index contributed by atoms with van der Waals surface area (Å²) < 4.78 is 13.1. The first kappa shape index (κ1) is 19.3. The number of hydrogen-bond acceptors (Lipinski definition) is 4. The lowest BCUT2D eigenvalue weighted by molar-refractivity contribution is -0.135. The van der Waals surface area contributed by atoms with E-state index in [1.54, 1.807) is 7.11 Å². The van der Waals surface area contributed by atoms with Crippen molar-refractivity contribution in [1.82, 2.24) is 14.5 Å². The van der Waals surface area contributed by atoms with Gasteiger partial charge in [-0.1, -0.05) is 12.1 Å². The second kappa shape index (κ2) is 8.55. The van der Waals surface area contributed by atoms with Gasteiger partial charge in [0.05, 0.1) is 18.1 Å². The van der Waals surface area contributed by atoms with Crippen LogP contribution in [0.25, 0.3) is 11.0 Å². The highest BCUT2D eigenvalue weighted by Crippen LogP contribution is 2.22. The zero-order valence-electron chi connectivity index (χ0n) is 17.0. The number of likely N-dealkylation sites (tertiary alicyclic amines) is 1. The van der Waals surface area contributed by atoms with Crippen molar-refractivity contribution in [3.63, 3.8) is 0 Å². The van der Waals surface area contributed by atoms with Crippen molar-refractivity contribution in [1.29, 1.82) is 0 Å². The Morgan fingerprint density at radius 1 is 1.10 bits per heavy atom. The summed E-state index contributed by atoms with van der Waals surface area (Å²) in [6.07, 6.45) is 3.35. The molecule has 1 aliphatic rings. The van der Waals surface area contributed by atoms with E-state index in [-0.39, 0.29) is 12.5 Å². The third-order valence-electron chi connectivity index (χ3n) is 5.58. The molecule has 1 unspecified atom stereocenters. The number of fused-ring (bicyclic) bond motifs is 1. The number of methoxy groups -OCH3 is 1. The standard InChI is InChI=1S/C23H27N3O3/c1-17-7-5-6-14-25(17)23(27)15-26-21-9-4-3-8-20(21)24-22(26)16-29-19-12-10-18(28-2)11-13-19/h3-4,8-13,17H,5-7,14-16H2,1-2H3. The number of rotatable bonds is 6. The summed E-state index contributed by atoms with van der Waals surface area (Å²) in [5.74, 6) is 2.41. The lowest BCUT2D eigenvalue weighted by Crippen LogP contribution is -2.43. The van der Waals surface area contributed by atoms with E-state index in [9.17, 15) is 4.79 Å². The van der Waals surface area contributed by atoms with Crippen LogP contribution in [0.4, 0.5) is 0 Å². The van der Waals surface area contributed by atoms with Crippen LogP contribution in [0.2, 0.25) is 0 Å². The quantitative estimate of drug-likeness (QED) is 0.635. The Labute approximate surface area is 171 Å². The average Bonchev–Trinajstić information content (AvgIpc) is 3.10. The molecular weight excluding hydrogens is 366 g/mol. The van der Waals surface area contributed by atoms with Crippen LogP contribution in [0.3, 0.4) is 0 Å². The molecule has 6 nitrogen and oxygen atoms in total. The van der Waals surface area contributed by atoms with Crippen molar-refractivity contribution in [2.24, 2.45) is 0 Å². The van der Waals surface area contributed by atoms with E-state index < -0.39 is 0 Å². The number of ether oxygens (including phenoxy) is 2. The van der Waals surface area contributed by atoms with Gasteiger partial charge >= 0.3 is 0 Å².